The quantitative estimate of drug-likeness (QED) is 0.527. The summed E-state index contributed by atoms with van der Waals surface area (Å²) in [5.41, 5.74) is 1.26. The minimum Gasteiger partial charge on any atom is -0.474 e. The van der Waals surface area contributed by atoms with Crippen LogP contribution >= 0.6 is 0 Å². The monoisotopic (exact) mass is 460 g/mol. The average Bonchev–Trinajstić information content (AvgIpc) is 3.25. The molecule has 1 aliphatic rings. The van der Waals surface area contributed by atoms with Gasteiger partial charge < -0.3 is 15.4 Å². The van der Waals surface area contributed by atoms with E-state index >= 15 is 0 Å². The van der Waals surface area contributed by atoms with Crippen LogP contribution in [0, 0.1) is 0 Å². The maximum Gasteiger partial charge on any atom is 0.241 e. The van der Waals surface area contributed by atoms with E-state index in [2.05, 4.69) is 20.3 Å². The van der Waals surface area contributed by atoms with Crippen LogP contribution < -0.4 is 20.1 Å². The van der Waals surface area contributed by atoms with Gasteiger partial charge in [0.25, 0.3) is 0 Å². The highest BCUT2D eigenvalue weighted by molar-refractivity contribution is 7.89. The first-order chi connectivity index (χ1) is 15.2. The molecule has 2 amide bonds. The molecular weight excluding hydrogens is 432 g/mol. The molecule has 3 rings (SSSR count). The lowest BCUT2D eigenvalue weighted by molar-refractivity contribution is -0.122. The number of benzene rings is 1. The highest BCUT2D eigenvalue weighted by atomic mass is 32.2. The molecule has 1 fully saturated rings. The molecule has 0 radical (unpaired) electrons. The van der Waals surface area contributed by atoms with Gasteiger partial charge in [-0.2, -0.15) is 4.72 Å². The van der Waals surface area contributed by atoms with Gasteiger partial charge in [-0.3, -0.25) is 9.59 Å². The molecule has 0 bridgehead atoms. The van der Waals surface area contributed by atoms with Crippen LogP contribution in [0.1, 0.15) is 45.1 Å². The number of ether oxygens (including phenoxy) is 1. The number of sulfonamides is 1. The average molecular weight is 461 g/mol. The third kappa shape index (κ3) is 6.76. The lowest BCUT2D eigenvalue weighted by Crippen LogP contribution is -2.44. The van der Waals surface area contributed by atoms with E-state index in [1.165, 1.54) is 51.0 Å². The molecule has 0 spiro atoms. The highest BCUT2D eigenvalue weighted by Crippen LogP contribution is 2.22. The molecule has 2 aromatic rings. The van der Waals surface area contributed by atoms with Gasteiger partial charge in [-0.05, 0) is 62.4 Å². The molecule has 0 unspecified atom stereocenters. The van der Waals surface area contributed by atoms with Crippen LogP contribution in [0.3, 0.4) is 0 Å². The summed E-state index contributed by atoms with van der Waals surface area (Å²) in [6.45, 7) is 3.05. The highest BCUT2D eigenvalue weighted by Gasteiger charge is 2.22. The second kappa shape index (κ2) is 10.6. The van der Waals surface area contributed by atoms with Crippen molar-refractivity contribution in [3.8, 4) is 5.88 Å². The molecule has 1 heterocycles. The van der Waals surface area contributed by atoms with Crippen molar-refractivity contribution in [3.05, 3.63) is 48.2 Å². The van der Waals surface area contributed by atoms with Crippen molar-refractivity contribution in [1.82, 2.24) is 15.0 Å². The predicted molar refractivity (Wildman–Crippen MR) is 119 cm³/mol. The fraction of sp³-hybridized carbons (Fsp3) is 0.409. The molecule has 9 nitrogen and oxygen atoms in total. The van der Waals surface area contributed by atoms with Gasteiger partial charge in [-0.1, -0.05) is 6.07 Å². The van der Waals surface area contributed by atoms with Gasteiger partial charge in [0.1, 0.15) is 6.10 Å². The van der Waals surface area contributed by atoms with E-state index in [0.717, 1.165) is 18.4 Å². The van der Waals surface area contributed by atoms with Gasteiger partial charge in [0.15, 0.2) is 0 Å². The van der Waals surface area contributed by atoms with Crippen molar-refractivity contribution in [3.63, 3.8) is 0 Å². The van der Waals surface area contributed by atoms with Crippen molar-refractivity contribution < 1.29 is 22.7 Å². The Kier molecular flexibility index (Phi) is 7.81. The fourth-order valence-corrected chi connectivity index (χ4v) is 4.58. The van der Waals surface area contributed by atoms with Crippen molar-refractivity contribution in [2.45, 2.75) is 63.1 Å². The van der Waals surface area contributed by atoms with E-state index in [9.17, 15) is 18.0 Å². The Bertz CT molecular complexity index is 1030. The van der Waals surface area contributed by atoms with Crippen molar-refractivity contribution in [1.29, 1.82) is 0 Å². The summed E-state index contributed by atoms with van der Waals surface area (Å²) < 4.78 is 33.2. The predicted octanol–water partition coefficient (Wildman–Crippen LogP) is 2.34. The van der Waals surface area contributed by atoms with E-state index in [1.807, 2.05) is 6.07 Å². The third-order valence-electron chi connectivity index (χ3n) is 5.06. The van der Waals surface area contributed by atoms with E-state index < -0.39 is 22.0 Å². The second-order valence-corrected chi connectivity index (χ2v) is 9.51. The Morgan fingerprint density at radius 2 is 1.81 bits per heavy atom. The molecule has 0 saturated heterocycles. The molecule has 32 heavy (non-hydrogen) atoms. The second-order valence-electron chi connectivity index (χ2n) is 7.80. The molecule has 10 heteroatoms. The van der Waals surface area contributed by atoms with Crippen molar-refractivity contribution in [2.24, 2.45) is 0 Å². The van der Waals surface area contributed by atoms with E-state index in [0.29, 0.717) is 11.6 Å². The van der Waals surface area contributed by atoms with Gasteiger partial charge in [0.2, 0.25) is 27.7 Å². The SMILES string of the molecule is CC(=O)Nc1ccc(S(=O)(=O)N[C@@H](C)C(=O)NCc2ccc(OC3CCCC3)nc2)cc1. The molecule has 1 aliphatic carbocycles. The minimum atomic E-state index is -3.90. The Hall–Kier alpha value is -2.98. The van der Waals surface area contributed by atoms with Crippen LogP contribution in [0.25, 0.3) is 0 Å². The number of anilines is 1. The van der Waals surface area contributed by atoms with Crippen molar-refractivity contribution >= 4 is 27.5 Å². The number of amides is 2. The van der Waals surface area contributed by atoms with Crippen LogP contribution in [0.4, 0.5) is 5.69 Å². The topological polar surface area (TPSA) is 126 Å². The molecule has 0 aliphatic heterocycles. The molecule has 1 saturated carbocycles. The summed E-state index contributed by atoms with van der Waals surface area (Å²) in [6.07, 6.45) is 6.32. The number of aromatic nitrogens is 1. The summed E-state index contributed by atoms with van der Waals surface area (Å²) >= 11 is 0. The largest absolute Gasteiger partial charge is 0.474 e. The summed E-state index contributed by atoms with van der Waals surface area (Å²) in [7, 11) is -3.90. The maximum absolute atomic E-state index is 12.5. The molecule has 1 aromatic heterocycles. The van der Waals surface area contributed by atoms with Gasteiger partial charge >= 0.3 is 0 Å². The number of hydrogen-bond donors (Lipinski definition) is 3. The smallest absolute Gasteiger partial charge is 0.241 e. The Morgan fingerprint density at radius 1 is 1.12 bits per heavy atom. The zero-order valence-electron chi connectivity index (χ0n) is 18.1. The lowest BCUT2D eigenvalue weighted by Gasteiger charge is -2.15. The number of carbonyl (C=O) groups excluding carboxylic acids is 2. The standard InChI is InChI=1S/C22H28N4O5S/c1-15(26-32(29,30)20-10-8-18(9-11-20)25-16(2)27)22(28)24-14-17-7-12-21(23-13-17)31-19-5-3-4-6-19/h7-13,15,19,26H,3-6,14H2,1-2H3,(H,24,28)(H,25,27)/t15-/m0/s1. The first-order valence-corrected chi connectivity index (χ1v) is 12.0. The Morgan fingerprint density at radius 3 is 2.41 bits per heavy atom. The van der Waals surface area contributed by atoms with Gasteiger partial charge in [-0.25, -0.2) is 13.4 Å². The summed E-state index contributed by atoms with van der Waals surface area (Å²) in [4.78, 5) is 27.7. The summed E-state index contributed by atoms with van der Waals surface area (Å²) in [6, 6.07) is 8.30. The number of nitrogens with one attached hydrogen (secondary N) is 3. The lowest BCUT2D eigenvalue weighted by atomic mass is 10.2. The van der Waals surface area contributed by atoms with Gasteiger partial charge in [-0.15, -0.1) is 0 Å². The minimum absolute atomic E-state index is 0.00620. The molecule has 172 valence electrons. The van der Waals surface area contributed by atoms with Crippen LogP contribution in [-0.2, 0) is 26.2 Å². The molecule has 1 aromatic carbocycles. The zero-order valence-corrected chi connectivity index (χ0v) is 18.9. The fourth-order valence-electron chi connectivity index (χ4n) is 3.38. The van der Waals surface area contributed by atoms with E-state index in [1.54, 1.807) is 12.3 Å². The van der Waals surface area contributed by atoms with Crippen LogP contribution in [-0.4, -0.2) is 37.4 Å². The molecular formula is C22H28N4O5S. The van der Waals surface area contributed by atoms with E-state index in [-0.39, 0.29) is 23.5 Å². The molecule has 1 atom stereocenters. The van der Waals surface area contributed by atoms with Crippen LogP contribution in [0.2, 0.25) is 0 Å². The number of pyridine rings is 1. The van der Waals surface area contributed by atoms with Crippen LogP contribution in [0.5, 0.6) is 5.88 Å². The summed E-state index contributed by atoms with van der Waals surface area (Å²) in [5, 5.41) is 5.27. The third-order valence-corrected chi connectivity index (χ3v) is 6.62. The Labute approximate surface area is 188 Å². The number of nitrogens with zero attached hydrogens (tertiary/aromatic N) is 1. The Balaban J connectivity index is 1.49. The number of rotatable bonds is 9. The number of carbonyl (C=O) groups is 2. The number of hydrogen-bond acceptors (Lipinski definition) is 6. The first kappa shape index (κ1) is 23.7. The van der Waals surface area contributed by atoms with E-state index in [4.69, 9.17) is 4.74 Å². The zero-order chi connectivity index (χ0) is 23.1. The van der Waals surface area contributed by atoms with Gasteiger partial charge in [0.05, 0.1) is 10.9 Å². The molecule has 3 N–H and O–H groups in total. The van der Waals surface area contributed by atoms with Gasteiger partial charge in [0, 0.05) is 31.4 Å². The first-order valence-electron chi connectivity index (χ1n) is 10.5. The van der Waals surface area contributed by atoms with Crippen LogP contribution in [0.15, 0.2) is 47.5 Å². The van der Waals surface area contributed by atoms with Crippen molar-refractivity contribution in [2.75, 3.05) is 5.32 Å². The normalized spacial score (nSPS) is 15.2. The maximum atomic E-state index is 12.5. The summed E-state index contributed by atoms with van der Waals surface area (Å²) in [5.74, 6) is -0.150.